The number of rotatable bonds is 7. The van der Waals surface area contributed by atoms with Crippen LogP contribution in [0.2, 0.25) is 0 Å². The lowest BCUT2D eigenvalue weighted by Gasteiger charge is -2.38. The van der Waals surface area contributed by atoms with Crippen LogP contribution in [0.1, 0.15) is 42.9 Å². The second-order valence-electron chi connectivity index (χ2n) is 10.1. The van der Waals surface area contributed by atoms with E-state index in [1.54, 1.807) is 4.90 Å². The number of nitrogens with two attached hydrogens (primary N) is 2. The Morgan fingerprint density at radius 1 is 1.29 bits per heavy atom. The van der Waals surface area contributed by atoms with Crippen molar-refractivity contribution in [1.82, 2.24) is 14.7 Å². The topological polar surface area (TPSA) is 138 Å². The van der Waals surface area contributed by atoms with Gasteiger partial charge in [-0.05, 0) is 61.3 Å². The molecule has 1 saturated carbocycles. The summed E-state index contributed by atoms with van der Waals surface area (Å²) >= 11 is 1.06. The summed E-state index contributed by atoms with van der Waals surface area (Å²) in [5.74, 6) is 5.37. The third-order valence-corrected chi connectivity index (χ3v) is 8.83. The molecule has 10 nitrogen and oxygen atoms in total. The number of piperidine rings is 1. The Kier molecular flexibility index (Phi) is 5.55. The SMILES string of the molecule is N#C[C@@H]1C[C@@H]2CC2N1C(=O)[C@@H](N)CN1C[C@@H]2C[C@H]1C(=O)N2[C@@H]1CCc2cc(SOON)ccc21. The number of hydrogen-bond acceptors (Lipinski definition) is 9. The van der Waals surface area contributed by atoms with Crippen molar-refractivity contribution in [3.63, 3.8) is 0 Å². The fraction of sp³-hybridized carbons (Fsp3) is 0.609. The molecule has 2 amide bonds. The number of amides is 2. The zero-order chi connectivity index (χ0) is 23.6. The number of carbonyl (C=O) groups is 2. The smallest absolute Gasteiger partial charge is 0.242 e. The molecule has 7 atom stereocenters. The van der Waals surface area contributed by atoms with Crippen LogP contribution in [0.5, 0.6) is 0 Å². The molecule has 6 rings (SSSR count). The molecular formula is C23H28N6O4S. The monoisotopic (exact) mass is 484 g/mol. The minimum Gasteiger partial charge on any atom is -0.330 e. The number of nitriles is 1. The van der Waals surface area contributed by atoms with Gasteiger partial charge in [-0.1, -0.05) is 6.07 Å². The minimum atomic E-state index is -0.710. The maximum Gasteiger partial charge on any atom is 0.242 e. The Hall–Kier alpha value is -2.20. The molecule has 0 aromatic heterocycles. The summed E-state index contributed by atoms with van der Waals surface area (Å²) in [7, 11) is 0. The maximum atomic E-state index is 13.4. The van der Waals surface area contributed by atoms with Crippen molar-refractivity contribution >= 4 is 23.9 Å². The van der Waals surface area contributed by atoms with E-state index in [0.29, 0.717) is 12.5 Å². The molecule has 5 aliphatic rings. The van der Waals surface area contributed by atoms with Gasteiger partial charge in [-0.2, -0.15) is 11.2 Å². The molecule has 2 aliphatic carbocycles. The van der Waals surface area contributed by atoms with Gasteiger partial charge in [-0.25, -0.2) is 0 Å². The molecule has 0 spiro atoms. The van der Waals surface area contributed by atoms with Crippen LogP contribution in [-0.4, -0.2) is 69.8 Å². The first-order valence-corrected chi connectivity index (χ1v) is 12.6. The third kappa shape index (κ3) is 3.52. The zero-order valence-corrected chi connectivity index (χ0v) is 19.5. The van der Waals surface area contributed by atoms with E-state index in [2.05, 4.69) is 33.0 Å². The summed E-state index contributed by atoms with van der Waals surface area (Å²) in [5.41, 5.74) is 8.73. The molecule has 11 heteroatoms. The van der Waals surface area contributed by atoms with Crippen LogP contribution in [0.25, 0.3) is 0 Å². The maximum absolute atomic E-state index is 13.4. The van der Waals surface area contributed by atoms with E-state index in [1.165, 1.54) is 11.1 Å². The molecule has 0 radical (unpaired) electrons. The number of hydrogen-bond donors (Lipinski definition) is 2. The summed E-state index contributed by atoms with van der Waals surface area (Å²) < 4.78 is 4.75. The fourth-order valence-corrected chi connectivity index (χ4v) is 7.11. The summed E-state index contributed by atoms with van der Waals surface area (Å²) in [5, 5.41) is 9.40. The molecule has 180 valence electrons. The number of aryl methyl sites for hydroxylation is 1. The van der Waals surface area contributed by atoms with Gasteiger partial charge in [-0.3, -0.25) is 14.5 Å². The normalized spacial score (nSPS) is 34.3. The number of piperazine rings is 1. The van der Waals surface area contributed by atoms with E-state index in [4.69, 9.17) is 16.0 Å². The largest absolute Gasteiger partial charge is 0.330 e. The van der Waals surface area contributed by atoms with Crippen molar-refractivity contribution in [2.45, 2.75) is 73.3 Å². The number of likely N-dealkylation sites (tertiary alicyclic amines) is 3. The first-order chi connectivity index (χ1) is 16.5. The summed E-state index contributed by atoms with van der Waals surface area (Å²) in [6.07, 6.45) is 4.32. The van der Waals surface area contributed by atoms with Crippen LogP contribution in [0.15, 0.2) is 23.1 Å². The van der Waals surface area contributed by atoms with E-state index in [-0.39, 0.29) is 42.0 Å². The van der Waals surface area contributed by atoms with E-state index in [1.807, 2.05) is 6.07 Å². The highest BCUT2D eigenvalue weighted by molar-refractivity contribution is 7.94. The van der Waals surface area contributed by atoms with E-state index in [0.717, 1.165) is 55.6 Å². The predicted octanol–water partition coefficient (Wildman–Crippen LogP) is 0.628. The fourth-order valence-electron chi connectivity index (χ4n) is 6.68. The summed E-state index contributed by atoms with van der Waals surface area (Å²) in [4.78, 5) is 37.4. The van der Waals surface area contributed by atoms with Crippen LogP contribution in [0.3, 0.4) is 0 Å². The van der Waals surface area contributed by atoms with Gasteiger partial charge in [0.1, 0.15) is 6.04 Å². The highest BCUT2D eigenvalue weighted by atomic mass is 32.2. The Balaban J connectivity index is 1.10. The molecule has 1 unspecified atom stereocenters. The van der Waals surface area contributed by atoms with E-state index < -0.39 is 6.04 Å². The molecule has 4 fully saturated rings. The first-order valence-electron chi connectivity index (χ1n) is 11.9. The van der Waals surface area contributed by atoms with Gasteiger partial charge in [0, 0.05) is 30.1 Å². The first kappa shape index (κ1) is 22.3. The van der Waals surface area contributed by atoms with Gasteiger partial charge in [-0.15, -0.1) is 9.32 Å². The number of carbonyl (C=O) groups excluding carboxylic acids is 2. The third-order valence-electron chi connectivity index (χ3n) is 8.24. The molecule has 2 bridgehead atoms. The van der Waals surface area contributed by atoms with Gasteiger partial charge in [0.2, 0.25) is 11.8 Å². The van der Waals surface area contributed by atoms with Crippen LogP contribution in [0, 0.1) is 17.2 Å². The van der Waals surface area contributed by atoms with Crippen molar-refractivity contribution < 1.29 is 18.9 Å². The molecular weight excluding hydrogens is 456 g/mol. The lowest BCUT2D eigenvalue weighted by molar-refractivity contribution is -0.195. The highest BCUT2D eigenvalue weighted by Gasteiger charge is 2.56. The lowest BCUT2D eigenvalue weighted by Crippen LogP contribution is -2.57. The van der Waals surface area contributed by atoms with Gasteiger partial charge in [0.15, 0.2) is 0 Å². The summed E-state index contributed by atoms with van der Waals surface area (Å²) in [6.45, 7) is 1.09. The van der Waals surface area contributed by atoms with Crippen LogP contribution in [0.4, 0.5) is 0 Å². The predicted molar refractivity (Wildman–Crippen MR) is 121 cm³/mol. The number of benzene rings is 1. The van der Waals surface area contributed by atoms with Crippen LogP contribution >= 0.6 is 12.0 Å². The quantitative estimate of drug-likeness (QED) is 0.324. The lowest BCUT2D eigenvalue weighted by atomic mass is 10.1. The van der Waals surface area contributed by atoms with Crippen LogP contribution < -0.4 is 11.6 Å². The molecule has 1 aromatic rings. The van der Waals surface area contributed by atoms with Crippen molar-refractivity contribution in [1.29, 1.82) is 5.26 Å². The molecule has 34 heavy (non-hydrogen) atoms. The van der Waals surface area contributed by atoms with Gasteiger partial charge >= 0.3 is 0 Å². The number of nitrogens with zero attached hydrogens (tertiary/aromatic N) is 4. The highest BCUT2D eigenvalue weighted by Crippen LogP contribution is 2.48. The second kappa shape index (κ2) is 8.48. The van der Waals surface area contributed by atoms with E-state index >= 15 is 0 Å². The Bertz CT molecular complexity index is 1060. The molecule has 3 saturated heterocycles. The van der Waals surface area contributed by atoms with Gasteiger partial charge in [0.25, 0.3) is 0 Å². The van der Waals surface area contributed by atoms with Crippen molar-refractivity contribution in [3.05, 3.63) is 29.3 Å². The molecule has 1 aromatic carbocycles. The Labute approximate surface area is 202 Å². The Morgan fingerprint density at radius 3 is 2.91 bits per heavy atom. The van der Waals surface area contributed by atoms with E-state index in [9.17, 15) is 14.9 Å². The molecule has 3 aliphatic heterocycles. The average molecular weight is 485 g/mol. The van der Waals surface area contributed by atoms with Crippen molar-refractivity contribution in [2.24, 2.45) is 17.5 Å². The second-order valence-corrected chi connectivity index (χ2v) is 10.8. The minimum absolute atomic E-state index is 0.0773. The molecule has 3 heterocycles. The average Bonchev–Trinajstić information content (AvgIpc) is 3.17. The zero-order valence-electron chi connectivity index (χ0n) is 18.7. The standard InChI is InChI=1S/C23H28N6O4S/c24-9-14-5-13-7-20(13)28(14)22(30)18(25)11-27-10-15-8-21(27)23(31)29(15)19-4-1-12-6-16(34-33-32-26)2-3-17(12)19/h2-3,6,13-15,18-21H,1,4-5,7-8,10-11,25-26H2/t13-,14+,15+,18+,19-,20?,21+/m1/s1. The van der Waals surface area contributed by atoms with Crippen molar-refractivity contribution in [3.8, 4) is 6.07 Å². The van der Waals surface area contributed by atoms with Gasteiger partial charge in [0.05, 0.1) is 36.2 Å². The summed E-state index contributed by atoms with van der Waals surface area (Å²) in [6, 6.07) is 7.43. The van der Waals surface area contributed by atoms with Crippen molar-refractivity contribution in [2.75, 3.05) is 13.1 Å². The number of fused-ring (bicyclic) bond motifs is 4. The Morgan fingerprint density at radius 2 is 2.15 bits per heavy atom. The van der Waals surface area contributed by atoms with Crippen LogP contribution in [-0.2, 0) is 25.3 Å². The molecule has 4 N–H and O–H groups in total. The van der Waals surface area contributed by atoms with Gasteiger partial charge < -0.3 is 15.5 Å².